The Morgan fingerprint density at radius 3 is 2.81 bits per heavy atom. The summed E-state index contributed by atoms with van der Waals surface area (Å²) in [6.07, 6.45) is 6.10. The van der Waals surface area contributed by atoms with E-state index in [0.29, 0.717) is 43.7 Å². The molecule has 3 heterocycles. The van der Waals surface area contributed by atoms with Crippen LogP contribution in [0, 0.1) is 5.92 Å². The molecule has 0 amide bonds. The minimum absolute atomic E-state index is 0.267. The van der Waals surface area contributed by atoms with Crippen LogP contribution in [0.4, 0.5) is 0 Å². The number of fused-ring (bicyclic) bond motifs is 1. The van der Waals surface area contributed by atoms with Crippen LogP contribution in [0.15, 0.2) is 47.6 Å². The summed E-state index contributed by atoms with van der Waals surface area (Å²) in [6, 6.07) is 8.84. The molecule has 1 unspecified atom stereocenters. The molecule has 1 aromatic carbocycles. The minimum atomic E-state index is -3.53. The molecular weight excluding hydrogens is 352 g/mol. The Balaban J connectivity index is 1.49. The second kappa shape index (κ2) is 7.25. The third-order valence-corrected chi connectivity index (χ3v) is 6.71. The summed E-state index contributed by atoms with van der Waals surface area (Å²) in [4.78, 5) is 4.40. The lowest BCUT2D eigenvalue weighted by molar-refractivity contribution is 0.297. The SMILES string of the molecule is O=S(=O)(c1ccc2c(c1)OCCCO2)N1CCC(Cc2cccnc2)C1. The zero-order valence-electron chi connectivity index (χ0n) is 14.5. The van der Waals surface area contributed by atoms with Gasteiger partial charge in [0, 0.05) is 38.0 Å². The predicted octanol–water partition coefficient (Wildman–Crippen LogP) is 2.50. The fourth-order valence-corrected chi connectivity index (χ4v) is 5.03. The van der Waals surface area contributed by atoms with Gasteiger partial charge in [-0.15, -0.1) is 0 Å². The molecule has 0 radical (unpaired) electrons. The lowest BCUT2D eigenvalue weighted by Crippen LogP contribution is -2.29. The molecule has 0 N–H and O–H groups in total. The summed E-state index contributed by atoms with van der Waals surface area (Å²) in [6.45, 7) is 2.20. The van der Waals surface area contributed by atoms with Crippen LogP contribution in [0.1, 0.15) is 18.4 Å². The van der Waals surface area contributed by atoms with E-state index in [1.807, 2.05) is 18.3 Å². The third kappa shape index (κ3) is 3.54. The fourth-order valence-electron chi connectivity index (χ4n) is 3.49. The number of rotatable bonds is 4. The van der Waals surface area contributed by atoms with E-state index >= 15 is 0 Å². The predicted molar refractivity (Wildman–Crippen MR) is 96.9 cm³/mol. The summed E-state index contributed by atoms with van der Waals surface area (Å²) in [7, 11) is -3.53. The van der Waals surface area contributed by atoms with Crippen molar-refractivity contribution in [2.75, 3.05) is 26.3 Å². The van der Waals surface area contributed by atoms with Crippen molar-refractivity contribution in [3.8, 4) is 11.5 Å². The second-order valence-corrected chi connectivity index (χ2v) is 8.68. The lowest BCUT2D eigenvalue weighted by atomic mass is 10.0. The maximum atomic E-state index is 13.0. The van der Waals surface area contributed by atoms with E-state index in [-0.39, 0.29) is 4.90 Å². The van der Waals surface area contributed by atoms with E-state index in [1.165, 1.54) is 0 Å². The van der Waals surface area contributed by atoms with Gasteiger partial charge in [-0.25, -0.2) is 8.42 Å². The monoisotopic (exact) mass is 374 g/mol. The largest absolute Gasteiger partial charge is 0.490 e. The van der Waals surface area contributed by atoms with Crippen LogP contribution in [-0.4, -0.2) is 44.0 Å². The molecule has 7 heteroatoms. The zero-order chi connectivity index (χ0) is 18.0. The zero-order valence-corrected chi connectivity index (χ0v) is 15.3. The fraction of sp³-hybridized carbons (Fsp3) is 0.421. The van der Waals surface area contributed by atoms with Gasteiger partial charge in [0.1, 0.15) is 0 Å². The van der Waals surface area contributed by atoms with Gasteiger partial charge in [-0.3, -0.25) is 4.98 Å². The van der Waals surface area contributed by atoms with Gasteiger partial charge >= 0.3 is 0 Å². The van der Waals surface area contributed by atoms with Crippen molar-refractivity contribution in [1.82, 2.24) is 9.29 Å². The number of nitrogens with zero attached hydrogens (tertiary/aromatic N) is 2. The average molecular weight is 374 g/mol. The van der Waals surface area contributed by atoms with E-state index in [4.69, 9.17) is 9.47 Å². The number of aromatic nitrogens is 1. The molecule has 1 atom stereocenters. The van der Waals surface area contributed by atoms with Crippen molar-refractivity contribution in [2.24, 2.45) is 5.92 Å². The van der Waals surface area contributed by atoms with Crippen LogP contribution in [0.25, 0.3) is 0 Å². The molecule has 138 valence electrons. The van der Waals surface area contributed by atoms with Crippen molar-refractivity contribution >= 4 is 10.0 Å². The standard InChI is InChI=1S/C19H22N2O4S/c22-26(23,17-4-5-18-19(12-17)25-10-2-9-24-18)21-8-6-16(14-21)11-15-3-1-7-20-13-15/h1,3-5,7,12-13,16H,2,6,8-11,14H2. The molecule has 0 aliphatic carbocycles. The first-order valence-corrected chi connectivity index (χ1v) is 10.4. The number of benzene rings is 1. The smallest absolute Gasteiger partial charge is 0.243 e. The number of hydrogen-bond donors (Lipinski definition) is 0. The van der Waals surface area contributed by atoms with Gasteiger partial charge in [-0.05, 0) is 42.5 Å². The Labute approximate surface area is 153 Å². The number of pyridine rings is 1. The molecule has 2 aromatic rings. The average Bonchev–Trinajstić information content (AvgIpc) is 2.99. The first-order chi connectivity index (χ1) is 12.6. The molecule has 26 heavy (non-hydrogen) atoms. The Bertz CT molecular complexity index is 870. The van der Waals surface area contributed by atoms with Gasteiger partial charge in [-0.2, -0.15) is 4.31 Å². The maximum absolute atomic E-state index is 13.0. The number of sulfonamides is 1. The van der Waals surface area contributed by atoms with E-state index in [2.05, 4.69) is 4.98 Å². The molecule has 4 rings (SSSR count). The molecule has 1 saturated heterocycles. The van der Waals surface area contributed by atoms with Crippen LogP contribution >= 0.6 is 0 Å². The Hall–Kier alpha value is -2.12. The summed E-state index contributed by atoms with van der Waals surface area (Å²) in [5.41, 5.74) is 1.15. The van der Waals surface area contributed by atoms with E-state index in [9.17, 15) is 8.42 Å². The van der Waals surface area contributed by atoms with Gasteiger partial charge in [-0.1, -0.05) is 6.07 Å². The molecule has 0 saturated carbocycles. The maximum Gasteiger partial charge on any atom is 0.243 e. The van der Waals surface area contributed by atoms with Crippen molar-refractivity contribution in [3.05, 3.63) is 48.3 Å². The van der Waals surface area contributed by atoms with Crippen molar-refractivity contribution < 1.29 is 17.9 Å². The van der Waals surface area contributed by atoms with Gasteiger partial charge in [0.25, 0.3) is 0 Å². The highest BCUT2D eigenvalue weighted by molar-refractivity contribution is 7.89. The normalized spacial score (nSPS) is 20.7. The van der Waals surface area contributed by atoms with Crippen LogP contribution in [0.3, 0.4) is 0 Å². The van der Waals surface area contributed by atoms with Gasteiger partial charge in [0.05, 0.1) is 18.1 Å². The van der Waals surface area contributed by atoms with Gasteiger partial charge in [0.15, 0.2) is 11.5 Å². The topological polar surface area (TPSA) is 68.7 Å². The van der Waals surface area contributed by atoms with E-state index in [1.54, 1.807) is 28.7 Å². The molecule has 2 aliphatic rings. The first kappa shape index (κ1) is 17.3. The van der Waals surface area contributed by atoms with Crippen molar-refractivity contribution in [2.45, 2.75) is 24.2 Å². The first-order valence-electron chi connectivity index (χ1n) is 8.91. The Kier molecular flexibility index (Phi) is 4.82. The van der Waals surface area contributed by atoms with Gasteiger partial charge < -0.3 is 9.47 Å². The highest BCUT2D eigenvalue weighted by Gasteiger charge is 2.33. The quantitative estimate of drug-likeness (QED) is 0.822. The summed E-state index contributed by atoms with van der Waals surface area (Å²) in [5, 5.41) is 0. The van der Waals surface area contributed by atoms with Crippen molar-refractivity contribution in [1.29, 1.82) is 0 Å². The molecule has 0 spiro atoms. The van der Waals surface area contributed by atoms with Crippen LogP contribution in [0.2, 0.25) is 0 Å². The summed E-state index contributed by atoms with van der Waals surface area (Å²) < 4.78 is 38.8. The second-order valence-electron chi connectivity index (χ2n) is 6.74. The van der Waals surface area contributed by atoms with Gasteiger partial charge in [0.2, 0.25) is 10.0 Å². The Morgan fingerprint density at radius 2 is 2.00 bits per heavy atom. The molecule has 2 aliphatic heterocycles. The van der Waals surface area contributed by atoms with E-state index < -0.39 is 10.0 Å². The van der Waals surface area contributed by atoms with Crippen LogP contribution in [-0.2, 0) is 16.4 Å². The van der Waals surface area contributed by atoms with E-state index in [0.717, 1.165) is 24.8 Å². The third-order valence-electron chi connectivity index (χ3n) is 4.85. The summed E-state index contributed by atoms with van der Waals surface area (Å²) in [5.74, 6) is 1.43. The number of hydrogen-bond acceptors (Lipinski definition) is 5. The molecule has 0 bridgehead atoms. The minimum Gasteiger partial charge on any atom is -0.490 e. The number of ether oxygens (including phenoxy) is 2. The summed E-state index contributed by atoms with van der Waals surface area (Å²) >= 11 is 0. The molecule has 6 nitrogen and oxygen atoms in total. The molecular formula is C19H22N2O4S. The highest BCUT2D eigenvalue weighted by atomic mass is 32.2. The molecule has 1 fully saturated rings. The highest BCUT2D eigenvalue weighted by Crippen LogP contribution is 2.34. The van der Waals surface area contributed by atoms with Crippen LogP contribution in [0.5, 0.6) is 11.5 Å². The van der Waals surface area contributed by atoms with Crippen molar-refractivity contribution in [3.63, 3.8) is 0 Å². The molecule has 1 aromatic heterocycles. The lowest BCUT2D eigenvalue weighted by Gasteiger charge is -2.18. The Morgan fingerprint density at radius 1 is 1.15 bits per heavy atom. The van der Waals surface area contributed by atoms with Crippen LogP contribution < -0.4 is 9.47 Å².